The van der Waals surface area contributed by atoms with Crippen LogP contribution in [0.3, 0.4) is 0 Å². The van der Waals surface area contributed by atoms with Gasteiger partial charge in [0.15, 0.2) is 0 Å². The van der Waals surface area contributed by atoms with Crippen LogP contribution < -0.4 is 5.32 Å². The molecule has 7 heteroatoms. The maximum absolute atomic E-state index is 13.5. The minimum atomic E-state index is -0.817. The molecule has 1 aliphatic rings. The molecule has 0 saturated carbocycles. The molecule has 1 heterocycles. The van der Waals surface area contributed by atoms with Crippen LogP contribution in [0.1, 0.15) is 20.7 Å². The molecular formula is C16H10F2N2O3. The average molecular weight is 316 g/mol. The quantitative estimate of drug-likeness (QED) is 0.883. The van der Waals surface area contributed by atoms with E-state index in [4.69, 9.17) is 0 Å². The minimum Gasteiger partial charge on any atom is -0.322 e. The van der Waals surface area contributed by atoms with Crippen molar-refractivity contribution < 1.29 is 23.2 Å². The van der Waals surface area contributed by atoms with E-state index in [1.54, 1.807) is 12.1 Å². The number of amides is 3. The van der Waals surface area contributed by atoms with Crippen LogP contribution in [0.4, 0.5) is 14.5 Å². The predicted molar refractivity (Wildman–Crippen MR) is 76.8 cm³/mol. The number of benzene rings is 2. The molecule has 0 unspecified atom stereocenters. The van der Waals surface area contributed by atoms with Gasteiger partial charge in [0.2, 0.25) is 5.91 Å². The average Bonchev–Trinajstić information content (AvgIpc) is 2.76. The topological polar surface area (TPSA) is 66.5 Å². The molecule has 5 nitrogen and oxygen atoms in total. The maximum atomic E-state index is 13.5. The monoisotopic (exact) mass is 316 g/mol. The Morgan fingerprint density at radius 3 is 2.22 bits per heavy atom. The number of imide groups is 1. The fourth-order valence-electron chi connectivity index (χ4n) is 2.31. The summed E-state index contributed by atoms with van der Waals surface area (Å²) in [5.41, 5.74) is 0.0658. The summed E-state index contributed by atoms with van der Waals surface area (Å²) in [5.74, 6) is -3.53. The second kappa shape index (κ2) is 5.60. The number of hydrogen-bond donors (Lipinski definition) is 1. The van der Waals surface area contributed by atoms with Gasteiger partial charge in [-0.25, -0.2) is 8.78 Å². The van der Waals surface area contributed by atoms with Crippen molar-refractivity contribution >= 4 is 23.4 Å². The number of carbonyl (C=O) groups is 3. The van der Waals surface area contributed by atoms with Gasteiger partial charge in [0.05, 0.1) is 16.8 Å². The molecule has 0 bridgehead atoms. The zero-order valence-electron chi connectivity index (χ0n) is 11.7. The Labute approximate surface area is 129 Å². The van der Waals surface area contributed by atoms with Crippen molar-refractivity contribution in [3.05, 3.63) is 65.2 Å². The van der Waals surface area contributed by atoms with Gasteiger partial charge in [-0.3, -0.25) is 19.3 Å². The van der Waals surface area contributed by atoms with Crippen molar-refractivity contribution in [1.29, 1.82) is 0 Å². The van der Waals surface area contributed by atoms with Gasteiger partial charge in [0, 0.05) is 6.07 Å². The number of anilines is 1. The third kappa shape index (κ3) is 2.68. The Bertz CT molecular complexity index is 801. The van der Waals surface area contributed by atoms with Crippen molar-refractivity contribution in [3.63, 3.8) is 0 Å². The molecule has 0 saturated heterocycles. The lowest BCUT2D eigenvalue weighted by atomic mass is 10.1. The molecule has 1 aliphatic heterocycles. The first-order valence-electron chi connectivity index (χ1n) is 6.67. The molecule has 23 heavy (non-hydrogen) atoms. The van der Waals surface area contributed by atoms with Crippen LogP contribution in [0, 0.1) is 11.6 Å². The summed E-state index contributed by atoms with van der Waals surface area (Å²) in [6.45, 7) is -0.581. The van der Waals surface area contributed by atoms with Crippen molar-refractivity contribution in [2.45, 2.75) is 0 Å². The van der Waals surface area contributed by atoms with Crippen LogP contribution in [0.25, 0.3) is 0 Å². The largest absolute Gasteiger partial charge is 0.322 e. The zero-order valence-corrected chi connectivity index (χ0v) is 11.7. The van der Waals surface area contributed by atoms with Gasteiger partial charge in [-0.15, -0.1) is 0 Å². The van der Waals surface area contributed by atoms with Crippen LogP contribution >= 0.6 is 0 Å². The van der Waals surface area contributed by atoms with E-state index >= 15 is 0 Å². The van der Waals surface area contributed by atoms with Gasteiger partial charge in [-0.2, -0.15) is 0 Å². The fraction of sp³-hybridized carbons (Fsp3) is 0.0625. The van der Waals surface area contributed by atoms with Crippen LogP contribution in [0.15, 0.2) is 42.5 Å². The summed E-state index contributed by atoms with van der Waals surface area (Å²) in [4.78, 5) is 36.9. The van der Waals surface area contributed by atoms with E-state index in [1.165, 1.54) is 12.1 Å². The Hall–Kier alpha value is -3.09. The molecule has 0 atom stereocenters. The molecule has 3 rings (SSSR count). The first-order valence-corrected chi connectivity index (χ1v) is 6.67. The first-order chi connectivity index (χ1) is 11.0. The second-order valence-electron chi connectivity index (χ2n) is 4.91. The van der Waals surface area contributed by atoms with Gasteiger partial charge in [-0.05, 0) is 24.3 Å². The predicted octanol–water partition coefficient (Wildman–Crippen LogP) is 2.20. The Morgan fingerprint density at radius 2 is 1.61 bits per heavy atom. The van der Waals surface area contributed by atoms with E-state index in [-0.39, 0.29) is 16.8 Å². The van der Waals surface area contributed by atoms with E-state index in [9.17, 15) is 23.2 Å². The van der Waals surface area contributed by atoms with E-state index < -0.39 is 35.9 Å². The van der Waals surface area contributed by atoms with Crippen LogP contribution in [0.2, 0.25) is 0 Å². The molecule has 2 aromatic carbocycles. The van der Waals surface area contributed by atoms with Gasteiger partial charge in [-0.1, -0.05) is 12.1 Å². The van der Waals surface area contributed by atoms with Crippen molar-refractivity contribution in [3.8, 4) is 0 Å². The van der Waals surface area contributed by atoms with Crippen molar-refractivity contribution in [2.24, 2.45) is 0 Å². The van der Waals surface area contributed by atoms with E-state index in [0.29, 0.717) is 0 Å². The maximum Gasteiger partial charge on any atom is 0.262 e. The van der Waals surface area contributed by atoms with Crippen LogP contribution in [-0.2, 0) is 4.79 Å². The Balaban J connectivity index is 1.76. The van der Waals surface area contributed by atoms with Crippen molar-refractivity contribution in [1.82, 2.24) is 4.90 Å². The van der Waals surface area contributed by atoms with E-state index in [1.807, 2.05) is 0 Å². The Kier molecular flexibility index (Phi) is 3.61. The SMILES string of the molecule is O=C(CN1C(=O)c2ccccc2C1=O)Nc1cc(F)ccc1F. The van der Waals surface area contributed by atoms with Crippen LogP contribution in [-0.4, -0.2) is 29.2 Å². The summed E-state index contributed by atoms with van der Waals surface area (Å²) in [5, 5.41) is 2.15. The molecule has 1 N–H and O–H groups in total. The first kappa shape index (κ1) is 14.8. The number of fused-ring (bicyclic) bond motifs is 1. The molecule has 0 fully saturated rings. The highest BCUT2D eigenvalue weighted by Crippen LogP contribution is 2.22. The number of halogens is 2. The highest BCUT2D eigenvalue weighted by atomic mass is 19.1. The van der Waals surface area contributed by atoms with Gasteiger partial charge in [0.1, 0.15) is 18.2 Å². The number of nitrogens with zero attached hydrogens (tertiary/aromatic N) is 1. The summed E-state index contributed by atoms with van der Waals surface area (Å²) in [6.07, 6.45) is 0. The third-order valence-corrected chi connectivity index (χ3v) is 3.38. The molecule has 0 aliphatic carbocycles. The molecule has 116 valence electrons. The number of hydrogen-bond acceptors (Lipinski definition) is 3. The van der Waals surface area contributed by atoms with Crippen LogP contribution in [0.5, 0.6) is 0 Å². The van der Waals surface area contributed by atoms with Gasteiger partial charge >= 0.3 is 0 Å². The zero-order chi connectivity index (χ0) is 16.6. The summed E-state index contributed by atoms with van der Waals surface area (Å²) in [6, 6.07) is 8.78. The smallest absolute Gasteiger partial charge is 0.262 e. The number of nitrogens with one attached hydrogen (secondary N) is 1. The van der Waals surface area contributed by atoms with E-state index in [0.717, 1.165) is 23.1 Å². The third-order valence-electron chi connectivity index (χ3n) is 3.38. The number of carbonyl (C=O) groups excluding carboxylic acids is 3. The molecule has 0 aromatic heterocycles. The lowest BCUT2D eigenvalue weighted by Crippen LogP contribution is -2.37. The highest BCUT2D eigenvalue weighted by molar-refractivity contribution is 6.22. The summed E-state index contributed by atoms with van der Waals surface area (Å²) < 4.78 is 26.6. The molecular weight excluding hydrogens is 306 g/mol. The standard InChI is InChI=1S/C16H10F2N2O3/c17-9-5-6-12(18)13(7-9)19-14(21)8-20-15(22)10-3-1-2-4-11(10)16(20)23/h1-7H,8H2,(H,19,21). The molecule has 0 spiro atoms. The second-order valence-corrected chi connectivity index (χ2v) is 4.91. The normalized spacial score (nSPS) is 13.2. The summed E-state index contributed by atoms with van der Waals surface area (Å²) in [7, 11) is 0. The highest BCUT2D eigenvalue weighted by Gasteiger charge is 2.36. The molecule has 3 amide bonds. The van der Waals surface area contributed by atoms with Gasteiger partial charge < -0.3 is 5.32 Å². The van der Waals surface area contributed by atoms with Gasteiger partial charge in [0.25, 0.3) is 11.8 Å². The lowest BCUT2D eigenvalue weighted by Gasteiger charge is -2.14. The fourth-order valence-corrected chi connectivity index (χ4v) is 2.31. The molecule has 0 radical (unpaired) electrons. The Morgan fingerprint density at radius 1 is 1.00 bits per heavy atom. The lowest BCUT2D eigenvalue weighted by molar-refractivity contribution is -0.116. The summed E-state index contributed by atoms with van der Waals surface area (Å²) >= 11 is 0. The minimum absolute atomic E-state index is 0.210. The van der Waals surface area contributed by atoms with E-state index in [2.05, 4.69) is 5.32 Å². The van der Waals surface area contributed by atoms with Crippen molar-refractivity contribution in [2.75, 3.05) is 11.9 Å². The number of rotatable bonds is 3. The molecule has 2 aromatic rings.